The summed E-state index contributed by atoms with van der Waals surface area (Å²) in [5.41, 5.74) is 9.85. The van der Waals surface area contributed by atoms with Crippen LogP contribution in [0.25, 0.3) is 11.3 Å². The first-order valence-electron chi connectivity index (χ1n) is 6.57. The van der Waals surface area contributed by atoms with Crippen molar-refractivity contribution in [3.63, 3.8) is 0 Å². The first kappa shape index (κ1) is 11.5. The highest BCUT2D eigenvalue weighted by molar-refractivity contribution is 5.59. The number of nitrogens with two attached hydrogens (primary N) is 1. The quantitative estimate of drug-likeness (QED) is 0.894. The molecular formula is C15H19N3. The lowest BCUT2D eigenvalue weighted by Crippen LogP contribution is -2.28. The first-order chi connectivity index (χ1) is 8.74. The Labute approximate surface area is 108 Å². The van der Waals surface area contributed by atoms with E-state index in [0.29, 0.717) is 0 Å². The van der Waals surface area contributed by atoms with E-state index < -0.39 is 0 Å². The van der Waals surface area contributed by atoms with Crippen molar-refractivity contribution in [3.05, 3.63) is 42.4 Å². The van der Waals surface area contributed by atoms with Crippen LogP contribution in [0.15, 0.2) is 36.8 Å². The molecule has 1 aromatic carbocycles. The number of aryl methyl sites for hydroxylation is 1. The van der Waals surface area contributed by atoms with Crippen LogP contribution in [0, 0.1) is 12.8 Å². The molecule has 1 aliphatic carbocycles. The summed E-state index contributed by atoms with van der Waals surface area (Å²) in [6.07, 6.45) is 6.39. The van der Waals surface area contributed by atoms with Gasteiger partial charge in [0.2, 0.25) is 0 Å². The molecule has 1 unspecified atom stereocenters. The summed E-state index contributed by atoms with van der Waals surface area (Å²) in [6, 6.07) is 8.78. The lowest BCUT2D eigenvalue weighted by Gasteiger charge is -2.14. The smallest absolute Gasteiger partial charge is 0.0951 e. The molecule has 3 nitrogen and oxygen atoms in total. The van der Waals surface area contributed by atoms with Gasteiger partial charge in [0.25, 0.3) is 0 Å². The fourth-order valence-electron chi connectivity index (χ4n) is 2.41. The van der Waals surface area contributed by atoms with Gasteiger partial charge in [-0.15, -0.1) is 0 Å². The highest BCUT2D eigenvalue weighted by Crippen LogP contribution is 2.32. The summed E-state index contributed by atoms with van der Waals surface area (Å²) < 4.78 is 2.18. The van der Waals surface area contributed by atoms with Gasteiger partial charge in [-0.1, -0.05) is 23.8 Å². The summed E-state index contributed by atoms with van der Waals surface area (Å²) in [5.74, 6) is 0.720. The Bertz CT molecular complexity index is 540. The van der Waals surface area contributed by atoms with Crippen LogP contribution in [-0.4, -0.2) is 15.6 Å². The minimum absolute atomic E-state index is 0.266. The first-order valence-corrected chi connectivity index (χ1v) is 6.57. The highest BCUT2D eigenvalue weighted by Gasteiger charge is 2.28. The second-order valence-electron chi connectivity index (χ2n) is 5.30. The third-order valence-corrected chi connectivity index (χ3v) is 3.66. The van der Waals surface area contributed by atoms with Crippen LogP contribution < -0.4 is 5.73 Å². The molecule has 1 aliphatic rings. The molecule has 3 heteroatoms. The SMILES string of the molecule is Cc1cccc(-c2cncn2CC(N)C2CC2)c1. The number of rotatable bonds is 4. The maximum absolute atomic E-state index is 6.20. The molecule has 94 valence electrons. The average Bonchev–Trinajstić information content (AvgIpc) is 3.11. The standard InChI is InChI=1S/C15H19N3/c1-11-3-2-4-13(7-11)15-8-17-10-18(15)9-14(16)12-5-6-12/h2-4,7-8,10,12,14H,5-6,9,16H2,1H3. The molecule has 1 fully saturated rings. The zero-order valence-corrected chi connectivity index (χ0v) is 10.7. The van der Waals surface area contributed by atoms with E-state index in [2.05, 4.69) is 40.7 Å². The lowest BCUT2D eigenvalue weighted by molar-refractivity contribution is 0.505. The maximum Gasteiger partial charge on any atom is 0.0951 e. The number of imidazole rings is 1. The molecule has 2 N–H and O–H groups in total. The molecule has 1 heterocycles. The van der Waals surface area contributed by atoms with E-state index in [4.69, 9.17) is 5.73 Å². The molecule has 1 aromatic heterocycles. The Morgan fingerprint density at radius 1 is 1.44 bits per heavy atom. The van der Waals surface area contributed by atoms with Gasteiger partial charge in [0.1, 0.15) is 0 Å². The molecule has 0 amide bonds. The molecule has 3 rings (SSSR count). The molecule has 18 heavy (non-hydrogen) atoms. The van der Waals surface area contributed by atoms with Gasteiger partial charge in [-0.3, -0.25) is 0 Å². The molecule has 0 spiro atoms. The Hall–Kier alpha value is -1.61. The van der Waals surface area contributed by atoms with Crippen molar-refractivity contribution < 1.29 is 0 Å². The van der Waals surface area contributed by atoms with E-state index in [1.54, 1.807) is 0 Å². The third kappa shape index (κ3) is 2.31. The number of hydrogen-bond acceptors (Lipinski definition) is 2. The minimum Gasteiger partial charge on any atom is -0.329 e. The van der Waals surface area contributed by atoms with E-state index >= 15 is 0 Å². The van der Waals surface area contributed by atoms with Gasteiger partial charge in [-0.2, -0.15) is 0 Å². The van der Waals surface area contributed by atoms with Crippen LogP contribution >= 0.6 is 0 Å². The van der Waals surface area contributed by atoms with Gasteiger partial charge in [0.15, 0.2) is 0 Å². The zero-order chi connectivity index (χ0) is 12.5. The summed E-state index contributed by atoms with van der Waals surface area (Å²) in [6.45, 7) is 2.98. The van der Waals surface area contributed by atoms with Crippen molar-refractivity contribution >= 4 is 0 Å². The molecule has 0 radical (unpaired) electrons. The van der Waals surface area contributed by atoms with Crippen LogP contribution in [0.5, 0.6) is 0 Å². The molecular weight excluding hydrogens is 222 g/mol. The predicted octanol–water partition coefficient (Wildman–Crippen LogP) is 2.60. The Kier molecular flexibility index (Phi) is 2.92. The van der Waals surface area contributed by atoms with E-state index in [1.165, 1.54) is 24.0 Å². The summed E-state index contributed by atoms with van der Waals surface area (Å²) >= 11 is 0. The van der Waals surface area contributed by atoms with Gasteiger partial charge in [0.05, 0.1) is 18.2 Å². The Morgan fingerprint density at radius 2 is 2.28 bits per heavy atom. The van der Waals surface area contributed by atoms with Gasteiger partial charge >= 0.3 is 0 Å². The number of aromatic nitrogens is 2. The van der Waals surface area contributed by atoms with Crippen molar-refractivity contribution in [3.8, 4) is 11.3 Å². The lowest BCUT2D eigenvalue weighted by atomic mass is 10.1. The van der Waals surface area contributed by atoms with Crippen molar-refractivity contribution in [2.45, 2.75) is 32.4 Å². The fourth-order valence-corrected chi connectivity index (χ4v) is 2.41. The summed E-state index contributed by atoms with van der Waals surface area (Å²) in [5, 5.41) is 0. The second kappa shape index (κ2) is 4.58. The summed E-state index contributed by atoms with van der Waals surface area (Å²) in [7, 11) is 0. The Morgan fingerprint density at radius 3 is 3.00 bits per heavy atom. The molecule has 1 saturated carbocycles. The number of hydrogen-bond donors (Lipinski definition) is 1. The maximum atomic E-state index is 6.20. The van der Waals surface area contributed by atoms with E-state index in [1.807, 2.05) is 12.5 Å². The minimum atomic E-state index is 0.266. The molecule has 0 bridgehead atoms. The van der Waals surface area contributed by atoms with Crippen molar-refractivity contribution in [1.29, 1.82) is 0 Å². The Balaban J connectivity index is 1.86. The van der Waals surface area contributed by atoms with Crippen molar-refractivity contribution in [2.75, 3.05) is 0 Å². The predicted molar refractivity (Wildman–Crippen MR) is 73.1 cm³/mol. The summed E-state index contributed by atoms with van der Waals surface area (Å²) in [4.78, 5) is 4.27. The van der Waals surface area contributed by atoms with E-state index in [9.17, 15) is 0 Å². The van der Waals surface area contributed by atoms with E-state index in [-0.39, 0.29) is 6.04 Å². The van der Waals surface area contributed by atoms with Crippen LogP contribution in [0.1, 0.15) is 18.4 Å². The molecule has 0 aliphatic heterocycles. The largest absolute Gasteiger partial charge is 0.329 e. The number of benzene rings is 1. The molecule has 0 saturated heterocycles. The van der Waals surface area contributed by atoms with Crippen LogP contribution in [-0.2, 0) is 6.54 Å². The zero-order valence-electron chi connectivity index (χ0n) is 10.7. The highest BCUT2D eigenvalue weighted by atomic mass is 15.1. The fraction of sp³-hybridized carbons (Fsp3) is 0.400. The van der Waals surface area contributed by atoms with Crippen LogP contribution in [0.4, 0.5) is 0 Å². The second-order valence-corrected chi connectivity index (χ2v) is 5.30. The topological polar surface area (TPSA) is 43.8 Å². The molecule has 1 atom stereocenters. The van der Waals surface area contributed by atoms with Crippen LogP contribution in [0.3, 0.4) is 0 Å². The number of nitrogens with zero attached hydrogens (tertiary/aromatic N) is 2. The average molecular weight is 241 g/mol. The monoisotopic (exact) mass is 241 g/mol. The van der Waals surface area contributed by atoms with Gasteiger partial charge in [-0.05, 0) is 31.7 Å². The van der Waals surface area contributed by atoms with E-state index in [0.717, 1.165) is 18.2 Å². The van der Waals surface area contributed by atoms with Gasteiger partial charge in [0, 0.05) is 18.2 Å². The normalized spacial score (nSPS) is 16.8. The van der Waals surface area contributed by atoms with Gasteiger partial charge in [-0.25, -0.2) is 4.98 Å². The molecule has 2 aromatic rings. The third-order valence-electron chi connectivity index (χ3n) is 3.66. The van der Waals surface area contributed by atoms with Crippen molar-refractivity contribution in [2.24, 2.45) is 11.7 Å². The van der Waals surface area contributed by atoms with Crippen molar-refractivity contribution in [1.82, 2.24) is 9.55 Å². The van der Waals surface area contributed by atoms with Crippen LogP contribution in [0.2, 0.25) is 0 Å². The van der Waals surface area contributed by atoms with Gasteiger partial charge < -0.3 is 10.3 Å².